The first-order chi connectivity index (χ1) is 13.6. The van der Waals surface area contributed by atoms with Crippen LogP contribution in [0, 0.1) is 5.92 Å². The second-order valence-electron chi connectivity index (χ2n) is 7.63. The smallest absolute Gasteiger partial charge is 0.252 e. The van der Waals surface area contributed by atoms with Crippen molar-refractivity contribution in [2.24, 2.45) is 5.92 Å². The summed E-state index contributed by atoms with van der Waals surface area (Å²) in [5.41, 5.74) is 2.10. The Morgan fingerprint density at radius 2 is 1.82 bits per heavy atom. The monoisotopic (exact) mass is 418 g/mol. The molecule has 2 aliphatic rings. The highest BCUT2D eigenvalue weighted by atomic mass is 32.2. The summed E-state index contributed by atoms with van der Waals surface area (Å²) in [6.07, 6.45) is 6.04. The summed E-state index contributed by atoms with van der Waals surface area (Å²) in [6.45, 7) is 1.62. The standard InChI is InChI=1S/C21H26N2O3S2/c24-21(19-15-27-20-9-5-4-8-18(19)20)22-14-16-10-12-23(13-11-16)28(25,26)17-6-2-1-3-7-17/h1-3,6-7,15-16H,4-5,8-14H2,(H,22,24). The Morgan fingerprint density at radius 1 is 1.11 bits per heavy atom. The minimum atomic E-state index is -3.42. The Balaban J connectivity index is 1.30. The molecule has 1 amide bonds. The number of benzene rings is 1. The second-order valence-corrected chi connectivity index (χ2v) is 10.5. The van der Waals surface area contributed by atoms with Gasteiger partial charge in [-0.05, 0) is 62.1 Å². The third kappa shape index (κ3) is 4.02. The van der Waals surface area contributed by atoms with Crippen molar-refractivity contribution < 1.29 is 13.2 Å². The molecule has 2 heterocycles. The number of rotatable bonds is 5. The van der Waals surface area contributed by atoms with Gasteiger partial charge in [0.1, 0.15) is 0 Å². The number of nitrogens with zero attached hydrogens (tertiary/aromatic N) is 1. The third-order valence-electron chi connectivity index (χ3n) is 5.81. The minimum Gasteiger partial charge on any atom is -0.352 e. The maximum atomic E-state index is 12.7. The molecule has 1 aliphatic heterocycles. The molecule has 1 aromatic heterocycles. The van der Waals surface area contributed by atoms with Gasteiger partial charge in [0, 0.05) is 29.9 Å². The fraction of sp³-hybridized carbons (Fsp3) is 0.476. The number of piperidine rings is 1. The van der Waals surface area contributed by atoms with Crippen LogP contribution in [0.15, 0.2) is 40.6 Å². The van der Waals surface area contributed by atoms with Gasteiger partial charge in [-0.1, -0.05) is 18.2 Å². The zero-order valence-corrected chi connectivity index (χ0v) is 17.5. The molecule has 1 fully saturated rings. The minimum absolute atomic E-state index is 0.0266. The van der Waals surface area contributed by atoms with E-state index in [1.807, 2.05) is 11.4 Å². The van der Waals surface area contributed by atoms with E-state index in [1.165, 1.54) is 23.3 Å². The molecule has 0 radical (unpaired) electrons. The number of thiophene rings is 1. The van der Waals surface area contributed by atoms with Gasteiger partial charge in [-0.15, -0.1) is 11.3 Å². The van der Waals surface area contributed by atoms with Crippen molar-refractivity contribution in [1.29, 1.82) is 0 Å². The number of amides is 1. The Hall–Kier alpha value is -1.70. The highest BCUT2D eigenvalue weighted by Gasteiger charge is 2.29. The van der Waals surface area contributed by atoms with Crippen LogP contribution in [-0.4, -0.2) is 38.3 Å². The first kappa shape index (κ1) is 19.6. The number of hydrogen-bond acceptors (Lipinski definition) is 4. The maximum Gasteiger partial charge on any atom is 0.252 e. The molecule has 1 saturated heterocycles. The van der Waals surface area contributed by atoms with Crippen molar-refractivity contribution >= 4 is 27.3 Å². The fourth-order valence-electron chi connectivity index (χ4n) is 4.11. The van der Waals surface area contributed by atoms with Gasteiger partial charge in [0.2, 0.25) is 10.0 Å². The predicted molar refractivity (Wildman–Crippen MR) is 111 cm³/mol. The van der Waals surface area contributed by atoms with Crippen LogP contribution in [0.1, 0.15) is 46.5 Å². The Morgan fingerprint density at radius 3 is 2.57 bits per heavy atom. The zero-order chi connectivity index (χ0) is 19.6. The molecule has 1 aliphatic carbocycles. The van der Waals surface area contributed by atoms with Crippen molar-refractivity contribution in [2.75, 3.05) is 19.6 Å². The summed E-state index contributed by atoms with van der Waals surface area (Å²) in [5, 5.41) is 5.09. The summed E-state index contributed by atoms with van der Waals surface area (Å²) in [5.74, 6) is 0.347. The molecule has 1 aromatic carbocycles. The molecule has 4 rings (SSSR count). The van der Waals surface area contributed by atoms with E-state index in [0.717, 1.165) is 31.2 Å². The summed E-state index contributed by atoms with van der Waals surface area (Å²) >= 11 is 1.71. The summed E-state index contributed by atoms with van der Waals surface area (Å²) < 4.78 is 27.0. The number of aryl methyl sites for hydroxylation is 1. The number of sulfonamides is 1. The summed E-state index contributed by atoms with van der Waals surface area (Å²) in [6, 6.07) is 8.60. The van der Waals surface area contributed by atoms with Gasteiger partial charge in [0.25, 0.3) is 5.91 Å². The molecular formula is C21H26N2O3S2. The molecule has 1 N–H and O–H groups in total. The Labute approximate surface area is 170 Å². The summed E-state index contributed by atoms with van der Waals surface area (Å²) in [4.78, 5) is 14.3. The van der Waals surface area contributed by atoms with Crippen LogP contribution in [0.25, 0.3) is 0 Å². The second kappa shape index (κ2) is 8.35. The van der Waals surface area contributed by atoms with Gasteiger partial charge < -0.3 is 5.32 Å². The molecule has 0 spiro atoms. The van der Waals surface area contributed by atoms with Crippen LogP contribution in [0.4, 0.5) is 0 Å². The first-order valence-corrected chi connectivity index (χ1v) is 12.3. The maximum absolute atomic E-state index is 12.7. The number of nitrogens with one attached hydrogen (secondary N) is 1. The van der Waals surface area contributed by atoms with Crippen LogP contribution in [0.2, 0.25) is 0 Å². The SMILES string of the molecule is O=C(NCC1CCN(S(=O)(=O)c2ccccc2)CC1)c1csc2c1CCCC2. The molecule has 5 nitrogen and oxygen atoms in total. The molecule has 7 heteroatoms. The molecule has 150 valence electrons. The van der Waals surface area contributed by atoms with Crippen molar-refractivity contribution in [2.45, 2.75) is 43.4 Å². The lowest BCUT2D eigenvalue weighted by Gasteiger charge is -2.31. The number of carbonyl (C=O) groups is 1. The van der Waals surface area contributed by atoms with E-state index in [2.05, 4.69) is 5.32 Å². The number of hydrogen-bond donors (Lipinski definition) is 1. The average molecular weight is 419 g/mol. The summed E-state index contributed by atoms with van der Waals surface area (Å²) in [7, 11) is -3.42. The largest absolute Gasteiger partial charge is 0.352 e. The topological polar surface area (TPSA) is 66.5 Å². The van der Waals surface area contributed by atoms with Gasteiger partial charge in [-0.25, -0.2) is 8.42 Å². The van der Waals surface area contributed by atoms with Gasteiger partial charge in [0.15, 0.2) is 0 Å². The molecule has 2 aromatic rings. The van der Waals surface area contributed by atoms with Crippen LogP contribution < -0.4 is 5.32 Å². The lowest BCUT2D eigenvalue weighted by molar-refractivity contribution is 0.0941. The predicted octanol–water partition coefficient (Wildman–Crippen LogP) is 3.46. The van der Waals surface area contributed by atoms with Gasteiger partial charge >= 0.3 is 0 Å². The van der Waals surface area contributed by atoms with Crippen molar-refractivity contribution in [3.8, 4) is 0 Å². The molecular weight excluding hydrogens is 392 g/mol. The fourth-order valence-corrected chi connectivity index (χ4v) is 6.73. The van der Waals surface area contributed by atoms with Crippen LogP contribution in [-0.2, 0) is 22.9 Å². The first-order valence-electron chi connectivity index (χ1n) is 9.98. The highest BCUT2D eigenvalue weighted by Crippen LogP contribution is 2.30. The van der Waals surface area contributed by atoms with E-state index >= 15 is 0 Å². The lowest BCUT2D eigenvalue weighted by atomic mass is 9.95. The quantitative estimate of drug-likeness (QED) is 0.809. The van der Waals surface area contributed by atoms with Gasteiger partial charge in [-0.3, -0.25) is 4.79 Å². The van der Waals surface area contributed by atoms with Crippen LogP contribution >= 0.6 is 11.3 Å². The number of fused-ring (bicyclic) bond motifs is 1. The third-order valence-corrected chi connectivity index (χ3v) is 8.81. The Kier molecular flexibility index (Phi) is 5.85. The molecule has 0 unspecified atom stereocenters. The molecule has 28 heavy (non-hydrogen) atoms. The van der Waals surface area contributed by atoms with E-state index in [9.17, 15) is 13.2 Å². The zero-order valence-electron chi connectivity index (χ0n) is 15.9. The highest BCUT2D eigenvalue weighted by molar-refractivity contribution is 7.89. The molecule has 0 saturated carbocycles. The van der Waals surface area contributed by atoms with Crippen LogP contribution in [0.3, 0.4) is 0 Å². The van der Waals surface area contributed by atoms with Crippen molar-refractivity contribution in [3.05, 3.63) is 51.7 Å². The van der Waals surface area contributed by atoms with E-state index in [-0.39, 0.29) is 5.91 Å². The van der Waals surface area contributed by atoms with Gasteiger partial charge in [-0.2, -0.15) is 4.31 Å². The molecule has 0 bridgehead atoms. The van der Waals surface area contributed by atoms with Crippen molar-refractivity contribution in [3.63, 3.8) is 0 Å². The van der Waals surface area contributed by atoms with E-state index in [0.29, 0.717) is 30.4 Å². The average Bonchev–Trinajstić information content (AvgIpc) is 3.17. The molecule has 0 atom stereocenters. The number of carbonyl (C=O) groups excluding carboxylic acids is 1. The van der Waals surface area contributed by atoms with Crippen LogP contribution in [0.5, 0.6) is 0 Å². The van der Waals surface area contributed by atoms with E-state index in [1.54, 1.807) is 39.9 Å². The normalized spacial score (nSPS) is 18.6. The Bertz CT molecular complexity index is 930. The van der Waals surface area contributed by atoms with Crippen molar-refractivity contribution in [1.82, 2.24) is 9.62 Å². The van der Waals surface area contributed by atoms with Gasteiger partial charge in [0.05, 0.1) is 10.5 Å². The lowest BCUT2D eigenvalue weighted by Crippen LogP contribution is -2.41. The van der Waals surface area contributed by atoms with E-state index in [4.69, 9.17) is 0 Å². The van der Waals surface area contributed by atoms with E-state index < -0.39 is 10.0 Å².